The van der Waals surface area contributed by atoms with Crippen LogP contribution < -0.4 is 10.5 Å². The summed E-state index contributed by atoms with van der Waals surface area (Å²) in [5.74, 6) is 0. The van der Waals surface area contributed by atoms with Crippen LogP contribution in [0.1, 0.15) is 26.7 Å². The first-order chi connectivity index (χ1) is 8.74. The van der Waals surface area contributed by atoms with Gasteiger partial charge in [0.25, 0.3) is 0 Å². The summed E-state index contributed by atoms with van der Waals surface area (Å²) in [5, 5.41) is 10.1. The molecule has 1 rings (SSSR count). The summed E-state index contributed by atoms with van der Waals surface area (Å²) in [6.07, 6.45) is 0.944. The predicted molar refractivity (Wildman–Crippen MR) is 79.3 cm³/mol. The van der Waals surface area contributed by atoms with Gasteiger partial charge >= 0.3 is 0 Å². The molecule has 0 radical (unpaired) electrons. The van der Waals surface area contributed by atoms with E-state index in [1.165, 1.54) is 12.1 Å². The number of halogens is 1. The highest BCUT2D eigenvalue weighted by molar-refractivity contribution is 9.10. The fourth-order valence-electron chi connectivity index (χ4n) is 1.55. The van der Waals surface area contributed by atoms with Crippen LogP contribution in [0.5, 0.6) is 0 Å². The van der Waals surface area contributed by atoms with Crippen molar-refractivity contribution in [1.29, 1.82) is 0 Å². The van der Waals surface area contributed by atoms with Crippen molar-refractivity contribution in [3.05, 3.63) is 22.7 Å². The Morgan fingerprint density at radius 3 is 2.47 bits per heavy atom. The fraction of sp³-hybridized carbons (Fsp3) is 0.500. The second-order valence-corrected chi connectivity index (χ2v) is 7.09. The van der Waals surface area contributed by atoms with Gasteiger partial charge in [0.2, 0.25) is 10.0 Å². The number of nitrogen functional groups attached to an aromatic ring is 1. The summed E-state index contributed by atoms with van der Waals surface area (Å²) in [4.78, 5) is 0.0106. The third kappa shape index (κ3) is 4.17. The second-order valence-electron chi connectivity index (χ2n) is 4.44. The van der Waals surface area contributed by atoms with Gasteiger partial charge in [-0.3, -0.25) is 0 Å². The summed E-state index contributed by atoms with van der Waals surface area (Å²) in [7, 11) is -3.73. The third-order valence-corrected chi connectivity index (χ3v) is 5.12. The zero-order valence-corrected chi connectivity index (χ0v) is 13.4. The number of aliphatic hydroxyl groups is 1. The Morgan fingerprint density at radius 2 is 1.95 bits per heavy atom. The van der Waals surface area contributed by atoms with Gasteiger partial charge in [0.1, 0.15) is 4.90 Å². The lowest BCUT2D eigenvalue weighted by molar-refractivity contribution is 0.0377. The molecule has 0 saturated heterocycles. The lowest BCUT2D eigenvalue weighted by Crippen LogP contribution is -2.42. The van der Waals surface area contributed by atoms with E-state index < -0.39 is 15.6 Å². The van der Waals surface area contributed by atoms with E-state index in [0.717, 1.165) is 0 Å². The van der Waals surface area contributed by atoms with Crippen molar-refractivity contribution in [3.8, 4) is 0 Å². The number of nitrogens with one attached hydrogen (secondary N) is 1. The Labute approximate surface area is 122 Å². The normalized spacial score (nSPS) is 12.6. The highest BCUT2D eigenvalue weighted by Crippen LogP contribution is 2.23. The average molecular weight is 351 g/mol. The van der Waals surface area contributed by atoms with Crippen molar-refractivity contribution in [1.82, 2.24) is 4.72 Å². The fourth-order valence-corrected chi connectivity index (χ4v) is 3.34. The molecule has 19 heavy (non-hydrogen) atoms. The van der Waals surface area contributed by atoms with Crippen LogP contribution in [0.4, 0.5) is 5.69 Å². The minimum Gasteiger partial charge on any atom is -0.398 e. The van der Waals surface area contributed by atoms with Gasteiger partial charge in [-0.25, -0.2) is 13.1 Å². The van der Waals surface area contributed by atoms with Crippen LogP contribution in [0.15, 0.2) is 27.6 Å². The quantitative estimate of drug-likeness (QED) is 0.682. The molecule has 7 heteroatoms. The van der Waals surface area contributed by atoms with Crippen LogP contribution in [-0.4, -0.2) is 25.7 Å². The summed E-state index contributed by atoms with van der Waals surface area (Å²) in [5.41, 5.74) is 4.82. The molecule has 0 unspecified atom stereocenters. The highest BCUT2D eigenvalue weighted by Gasteiger charge is 2.26. The largest absolute Gasteiger partial charge is 0.398 e. The molecule has 0 saturated carbocycles. The molecule has 1 aromatic rings. The Morgan fingerprint density at radius 1 is 1.37 bits per heavy atom. The van der Waals surface area contributed by atoms with E-state index in [4.69, 9.17) is 5.73 Å². The average Bonchev–Trinajstić information content (AvgIpc) is 2.39. The van der Waals surface area contributed by atoms with Crippen LogP contribution >= 0.6 is 15.9 Å². The smallest absolute Gasteiger partial charge is 0.242 e. The van der Waals surface area contributed by atoms with Crippen LogP contribution in [0.3, 0.4) is 0 Å². The maximum absolute atomic E-state index is 12.2. The van der Waals surface area contributed by atoms with Crippen molar-refractivity contribution in [2.45, 2.75) is 37.2 Å². The second kappa shape index (κ2) is 6.21. The van der Waals surface area contributed by atoms with E-state index >= 15 is 0 Å². The molecular weight excluding hydrogens is 332 g/mol. The minimum atomic E-state index is -3.73. The molecule has 1 aromatic carbocycles. The van der Waals surface area contributed by atoms with E-state index in [9.17, 15) is 13.5 Å². The Bertz CT molecular complexity index is 542. The van der Waals surface area contributed by atoms with E-state index in [2.05, 4.69) is 20.7 Å². The first-order valence-corrected chi connectivity index (χ1v) is 8.29. The van der Waals surface area contributed by atoms with E-state index in [-0.39, 0.29) is 17.1 Å². The molecule has 0 aliphatic heterocycles. The maximum Gasteiger partial charge on any atom is 0.242 e. The zero-order valence-electron chi connectivity index (χ0n) is 11.0. The van der Waals surface area contributed by atoms with Crippen LogP contribution in [0.25, 0.3) is 0 Å². The van der Waals surface area contributed by atoms with Crippen LogP contribution in [0.2, 0.25) is 0 Å². The number of hydrogen-bond acceptors (Lipinski definition) is 4. The molecular formula is C12H19BrN2O3S. The zero-order chi connectivity index (χ0) is 14.7. The number of benzene rings is 1. The van der Waals surface area contributed by atoms with Crippen molar-refractivity contribution >= 4 is 31.6 Å². The number of nitrogens with two attached hydrogens (primary N) is 1. The molecule has 0 aliphatic carbocycles. The lowest BCUT2D eigenvalue weighted by atomic mass is 9.98. The van der Waals surface area contributed by atoms with E-state index in [0.29, 0.717) is 17.3 Å². The maximum atomic E-state index is 12.2. The van der Waals surface area contributed by atoms with Gasteiger partial charge < -0.3 is 10.8 Å². The van der Waals surface area contributed by atoms with Gasteiger partial charge in [-0.2, -0.15) is 0 Å². The number of rotatable bonds is 6. The van der Waals surface area contributed by atoms with Crippen LogP contribution in [0, 0.1) is 0 Å². The summed E-state index contributed by atoms with van der Waals surface area (Å²) in [6, 6.07) is 4.63. The molecule has 0 aliphatic rings. The van der Waals surface area contributed by atoms with Gasteiger partial charge in [0, 0.05) is 11.0 Å². The van der Waals surface area contributed by atoms with E-state index in [1.807, 2.05) is 13.8 Å². The third-order valence-electron chi connectivity index (χ3n) is 3.17. The standard InChI is InChI=1S/C12H19BrN2O3S/c1-3-12(16,4-2)8-15-19(17,18)11-7-9(13)5-6-10(11)14/h5-7,15-16H,3-4,8,14H2,1-2H3. The number of sulfonamides is 1. The highest BCUT2D eigenvalue weighted by atomic mass is 79.9. The SMILES string of the molecule is CCC(O)(CC)CNS(=O)(=O)c1cc(Br)ccc1N. The van der Waals surface area contributed by atoms with Gasteiger partial charge in [0.05, 0.1) is 11.3 Å². The molecule has 0 spiro atoms. The first kappa shape index (κ1) is 16.4. The summed E-state index contributed by atoms with van der Waals surface area (Å²) < 4.78 is 27.4. The molecule has 5 nitrogen and oxygen atoms in total. The lowest BCUT2D eigenvalue weighted by Gasteiger charge is -2.25. The molecule has 0 amide bonds. The molecule has 0 aromatic heterocycles. The van der Waals surface area contributed by atoms with Crippen molar-refractivity contribution in [2.75, 3.05) is 12.3 Å². The molecule has 0 fully saturated rings. The Kier molecular flexibility index (Phi) is 5.37. The van der Waals surface area contributed by atoms with Crippen LogP contribution in [-0.2, 0) is 10.0 Å². The molecule has 0 atom stereocenters. The van der Waals surface area contributed by atoms with Gasteiger partial charge in [0.15, 0.2) is 0 Å². The minimum absolute atomic E-state index is 0.0106. The summed E-state index contributed by atoms with van der Waals surface area (Å²) >= 11 is 3.21. The molecule has 4 N–H and O–H groups in total. The molecule has 0 heterocycles. The van der Waals surface area contributed by atoms with Gasteiger partial charge in [-0.1, -0.05) is 29.8 Å². The first-order valence-electron chi connectivity index (χ1n) is 6.01. The monoisotopic (exact) mass is 350 g/mol. The predicted octanol–water partition coefficient (Wildman–Crippen LogP) is 1.86. The Balaban J connectivity index is 2.96. The van der Waals surface area contributed by atoms with E-state index in [1.54, 1.807) is 6.07 Å². The number of anilines is 1. The summed E-state index contributed by atoms with van der Waals surface area (Å²) in [6.45, 7) is 3.59. The van der Waals surface area contributed by atoms with Crippen molar-refractivity contribution in [3.63, 3.8) is 0 Å². The van der Waals surface area contributed by atoms with Crippen molar-refractivity contribution in [2.24, 2.45) is 0 Å². The van der Waals surface area contributed by atoms with Gasteiger partial charge in [-0.05, 0) is 31.0 Å². The van der Waals surface area contributed by atoms with Gasteiger partial charge in [-0.15, -0.1) is 0 Å². The Hall–Kier alpha value is -0.630. The van der Waals surface area contributed by atoms with Crippen molar-refractivity contribution < 1.29 is 13.5 Å². The topological polar surface area (TPSA) is 92.4 Å². The number of hydrogen-bond donors (Lipinski definition) is 3. The molecule has 108 valence electrons. The molecule has 0 bridgehead atoms.